The fourth-order valence-electron chi connectivity index (χ4n) is 2.58. The summed E-state index contributed by atoms with van der Waals surface area (Å²) in [5.74, 6) is 0.187. The maximum Gasteiger partial charge on any atom is 0.337 e. The van der Waals surface area contributed by atoms with Crippen LogP contribution in [0.15, 0.2) is 45.4 Å². The Bertz CT molecular complexity index is 852. The van der Waals surface area contributed by atoms with E-state index in [4.69, 9.17) is 9.15 Å². The molecule has 2 N–H and O–H groups in total. The molecule has 0 radical (unpaired) electrons. The van der Waals surface area contributed by atoms with Gasteiger partial charge in [0, 0.05) is 23.8 Å². The van der Waals surface area contributed by atoms with Crippen LogP contribution in [-0.4, -0.2) is 45.6 Å². The summed E-state index contributed by atoms with van der Waals surface area (Å²) in [6, 6.07) is 2.84. The molecule has 0 aromatic carbocycles. The number of carbonyl (C=O) groups excluding carboxylic acids is 2. The van der Waals surface area contributed by atoms with Crippen LogP contribution in [0, 0.1) is 0 Å². The molecule has 10 heteroatoms. The third-order valence-electron chi connectivity index (χ3n) is 3.80. The number of hydrogen-bond donors (Lipinski definition) is 2. The van der Waals surface area contributed by atoms with Gasteiger partial charge in [-0.1, -0.05) is 18.7 Å². The Labute approximate surface area is 160 Å². The Morgan fingerprint density at radius 2 is 2.22 bits per heavy atom. The number of nitrogens with zero attached hydrogens (tertiary/aromatic N) is 3. The number of pyridine rings is 1. The Morgan fingerprint density at radius 3 is 2.93 bits per heavy atom. The minimum Gasteiger partial charge on any atom is -0.463 e. The first-order chi connectivity index (χ1) is 13.1. The minimum atomic E-state index is -0.450. The lowest BCUT2D eigenvalue weighted by molar-refractivity contribution is -0.139. The number of thioether (sulfide) groups is 1. The van der Waals surface area contributed by atoms with E-state index in [2.05, 4.69) is 25.8 Å². The third-order valence-corrected chi connectivity index (χ3v) is 4.65. The standard InChI is InChI=1S/C17H19N5O4S/c1-3-11-13(15(23)25-4-2)12(20-16(24)19-11)9-27-17-22-21-14(26-17)10-6-5-7-18-8-10/h5-8,11H,3-4,9H2,1-2H3,(H2,19,20,24)/t11-/m0/s1. The van der Waals surface area contributed by atoms with E-state index in [1.54, 1.807) is 25.4 Å². The van der Waals surface area contributed by atoms with Crippen molar-refractivity contribution < 1.29 is 18.7 Å². The zero-order chi connectivity index (χ0) is 19.2. The van der Waals surface area contributed by atoms with E-state index >= 15 is 0 Å². The molecule has 1 aliphatic rings. The number of aromatic nitrogens is 3. The molecule has 0 aliphatic carbocycles. The number of nitrogens with one attached hydrogen (secondary N) is 2. The van der Waals surface area contributed by atoms with Crippen molar-refractivity contribution in [2.24, 2.45) is 0 Å². The summed E-state index contributed by atoms with van der Waals surface area (Å²) >= 11 is 1.23. The molecule has 27 heavy (non-hydrogen) atoms. The highest BCUT2D eigenvalue weighted by Gasteiger charge is 2.31. The molecule has 2 aromatic heterocycles. The quantitative estimate of drug-likeness (QED) is 0.546. The average molecular weight is 389 g/mol. The highest BCUT2D eigenvalue weighted by molar-refractivity contribution is 7.99. The smallest absolute Gasteiger partial charge is 0.337 e. The van der Waals surface area contributed by atoms with Crippen LogP contribution in [0.2, 0.25) is 0 Å². The first kappa shape index (κ1) is 18.9. The normalized spacial score (nSPS) is 16.7. The highest BCUT2D eigenvalue weighted by atomic mass is 32.2. The van der Waals surface area contributed by atoms with Gasteiger partial charge in [-0.05, 0) is 25.5 Å². The second kappa shape index (κ2) is 8.67. The van der Waals surface area contributed by atoms with E-state index in [0.29, 0.717) is 34.4 Å². The van der Waals surface area contributed by atoms with Gasteiger partial charge >= 0.3 is 12.0 Å². The Balaban J connectivity index is 1.78. The Morgan fingerprint density at radius 1 is 1.37 bits per heavy atom. The summed E-state index contributed by atoms with van der Waals surface area (Å²) in [6.45, 7) is 3.88. The van der Waals surface area contributed by atoms with E-state index in [1.165, 1.54) is 11.8 Å². The van der Waals surface area contributed by atoms with Gasteiger partial charge in [0.2, 0.25) is 5.89 Å². The largest absolute Gasteiger partial charge is 0.463 e. The molecule has 0 saturated carbocycles. The van der Waals surface area contributed by atoms with Crippen molar-refractivity contribution in [2.45, 2.75) is 31.5 Å². The van der Waals surface area contributed by atoms with Crippen molar-refractivity contribution in [1.82, 2.24) is 25.8 Å². The van der Waals surface area contributed by atoms with Gasteiger partial charge in [-0.3, -0.25) is 4.98 Å². The summed E-state index contributed by atoms with van der Waals surface area (Å²) in [4.78, 5) is 28.3. The van der Waals surface area contributed by atoms with E-state index in [0.717, 1.165) is 0 Å². The van der Waals surface area contributed by atoms with Crippen LogP contribution in [0.25, 0.3) is 11.5 Å². The number of urea groups is 1. The van der Waals surface area contributed by atoms with Gasteiger partial charge in [0.1, 0.15) is 0 Å². The van der Waals surface area contributed by atoms with Crippen LogP contribution < -0.4 is 10.6 Å². The third kappa shape index (κ3) is 4.45. The molecule has 3 heterocycles. The van der Waals surface area contributed by atoms with Gasteiger partial charge in [0.05, 0.1) is 23.8 Å². The summed E-state index contributed by atoms with van der Waals surface area (Å²) in [6.07, 6.45) is 3.85. The Kier molecular flexibility index (Phi) is 6.07. The molecular weight excluding hydrogens is 370 g/mol. The van der Waals surface area contributed by atoms with E-state index in [1.807, 2.05) is 13.0 Å². The zero-order valence-corrected chi connectivity index (χ0v) is 15.7. The second-order valence-electron chi connectivity index (χ2n) is 5.58. The zero-order valence-electron chi connectivity index (χ0n) is 14.9. The van der Waals surface area contributed by atoms with Crippen molar-refractivity contribution in [3.05, 3.63) is 35.8 Å². The van der Waals surface area contributed by atoms with Crippen molar-refractivity contribution in [3.63, 3.8) is 0 Å². The van der Waals surface area contributed by atoms with Crippen LogP contribution >= 0.6 is 11.8 Å². The molecule has 0 unspecified atom stereocenters. The molecule has 2 amide bonds. The predicted molar refractivity (Wildman–Crippen MR) is 97.7 cm³/mol. The maximum atomic E-state index is 12.3. The fourth-order valence-corrected chi connectivity index (χ4v) is 3.32. The molecule has 1 aliphatic heterocycles. The first-order valence-corrected chi connectivity index (χ1v) is 9.45. The average Bonchev–Trinajstić information content (AvgIpc) is 3.15. The van der Waals surface area contributed by atoms with Crippen molar-refractivity contribution in [1.29, 1.82) is 0 Å². The summed E-state index contributed by atoms with van der Waals surface area (Å²) in [7, 11) is 0. The number of amides is 2. The lowest BCUT2D eigenvalue weighted by Gasteiger charge is -2.28. The van der Waals surface area contributed by atoms with Crippen molar-refractivity contribution >= 4 is 23.8 Å². The molecule has 0 bridgehead atoms. The van der Waals surface area contributed by atoms with Gasteiger partial charge in [-0.15, -0.1) is 10.2 Å². The van der Waals surface area contributed by atoms with Gasteiger partial charge in [0.15, 0.2) is 0 Å². The van der Waals surface area contributed by atoms with E-state index in [-0.39, 0.29) is 18.4 Å². The number of hydrogen-bond acceptors (Lipinski definition) is 8. The van der Waals surface area contributed by atoms with Crippen LogP contribution in [0.4, 0.5) is 4.79 Å². The summed E-state index contributed by atoms with van der Waals surface area (Å²) in [5.41, 5.74) is 1.61. The van der Waals surface area contributed by atoms with Crippen molar-refractivity contribution in [2.75, 3.05) is 12.4 Å². The molecule has 2 aromatic rings. The maximum absolute atomic E-state index is 12.3. The second-order valence-corrected chi connectivity index (χ2v) is 6.50. The van der Waals surface area contributed by atoms with Gasteiger partial charge in [0.25, 0.3) is 5.22 Å². The number of esters is 1. The van der Waals surface area contributed by atoms with Crippen LogP contribution in [0.3, 0.4) is 0 Å². The topological polar surface area (TPSA) is 119 Å². The predicted octanol–water partition coefficient (Wildman–Crippen LogP) is 2.13. The molecule has 9 nitrogen and oxygen atoms in total. The fraction of sp³-hybridized carbons (Fsp3) is 0.353. The minimum absolute atomic E-state index is 0.255. The number of carbonyl (C=O) groups is 2. The molecule has 3 rings (SSSR count). The molecule has 142 valence electrons. The van der Waals surface area contributed by atoms with Crippen LogP contribution in [-0.2, 0) is 9.53 Å². The summed E-state index contributed by atoms with van der Waals surface area (Å²) in [5, 5.41) is 13.7. The Hall–Kier alpha value is -2.88. The van der Waals surface area contributed by atoms with E-state index < -0.39 is 12.0 Å². The first-order valence-electron chi connectivity index (χ1n) is 8.46. The molecule has 0 fully saturated rings. The van der Waals surface area contributed by atoms with E-state index in [9.17, 15) is 9.59 Å². The van der Waals surface area contributed by atoms with Crippen LogP contribution in [0.1, 0.15) is 20.3 Å². The lowest BCUT2D eigenvalue weighted by atomic mass is 10.0. The van der Waals surface area contributed by atoms with Crippen molar-refractivity contribution in [3.8, 4) is 11.5 Å². The van der Waals surface area contributed by atoms with Gasteiger partial charge in [-0.2, -0.15) is 0 Å². The van der Waals surface area contributed by atoms with Crippen LogP contribution in [0.5, 0.6) is 0 Å². The number of rotatable bonds is 7. The molecule has 1 atom stereocenters. The molecule has 0 spiro atoms. The number of ether oxygens (including phenoxy) is 1. The highest BCUT2D eigenvalue weighted by Crippen LogP contribution is 2.26. The van der Waals surface area contributed by atoms with Gasteiger partial charge < -0.3 is 19.8 Å². The monoisotopic (exact) mass is 389 g/mol. The SMILES string of the molecule is CCOC(=O)C1=C(CSc2nnc(-c3cccnc3)o2)NC(=O)N[C@H]1CC. The van der Waals surface area contributed by atoms with Gasteiger partial charge in [-0.25, -0.2) is 9.59 Å². The lowest BCUT2D eigenvalue weighted by Crippen LogP contribution is -2.50. The molecular formula is C17H19N5O4S. The molecule has 0 saturated heterocycles. The summed E-state index contributed by atoms with van der Waals surface area (Å²) < 4.78 is 10.8.